The van der Waals surface area contributed by atoms with Crippen molar-refractivity contribution in [3.05, 3.63) is 19.6 Å². The summed E-state index contributed by atoms with van der Waals surface area (Å²) in [5, 5.41) is 0. The summed E-state index contributed by atoms with van der Waals surface area (Å²) in [6.45, 7) is 7.80. The quantitative estimate of drug-likeness (QED) is 0.473. The Morgan fingerprint density at radius 1 is 1.55 bits per heavy atom. The number of hydrogen-bond donors (Lipinski definition) is 2. The molecule has 0 atom stereocenters. The molecule has 0 saturated heterocycles. The van der Waals surface area contributed by atoms with E-state index in [1.165, 1.54) is 4.90 Å². The van der Waals surface area contributed by atoms with Crippen molar-refractivity contribution in [1.29, 1.82) is 0 Å². The largest absolute Gasteiger partial charge is 0.339 e. The second kappa shape index (κ2) is 4.67. The minimum absolute atomic E-state index is 0.248. The van der Waals surface area contributed by atoms with E-state index in [0.717, 1.165) is 0 Å². The molecule has 0 aromatic carbocycles. The van der Waals surface area contributed by atoms with Gasteiger partial charge in [-0.1, -0.05) is 6.08 Å². The van der Waals surface area contributed by atoms with Crippen LogP contribution in [0.1, 0.15) is 0 Å². The Kier molecular flexibility index (Phi) is 4.61. The average Bonchev–Trinajstić information content (AvgIpc) is 1.84. The number of nitrogens with zero attached hydrogens (tertiary/aromatic N) is 1. The Bertz CT molecular complexity index is 165. The predicted octanol–water partition coefficient (Wildman–Crippen LogP) is 0.444. The third kappa shape index (κ3) is 6.26. The van der Waals surface area contributed by atoms with Crippen molar-refractivity contribution in [1.82, 2.24) is 4.90 Å². The van der Waals surface area contributed by atoms with Crippen molar-refractivity contribution >= 4 is 7.60 Å². The highest BCUT2D eigenvalue weighted by Crippen LogP contribution is 2.34. The second-order valence-electron chi connectivity index (χ2n) is 2.17. The van der Waals surface area contributed by atoms with Crippen LogP contribution in [-0.2, 0) is 4.57 Å². The van der Waals surface area contributed by atoms with Crippen molar-refractivity contribution in [3.63, 3.8) is 0 Å². The molecule has 11 heavy (non-hydrogen) atoms. The average molecular weight is 178 g/mol. The smallest absolute Gasteiger partial charge is 0.324 e. The van der Waals surface area contributed by atoms with Gasteiger partial charge in [0.25, 0.3) is 0 Å². The first-order chi connectivity index (χ1) is 4.99. The van der Waals surface area contributed by atoms with Crippen molar-refractivity contribution in [2.75, 3.05) is 19.4 Å². The minimum atomic E-state index is -3.93. The van der Waals surface area contributed by atoms with Gasteiger partial charge in [-0.15, -0.1) is 6.58 Å². The summed E-state index contributed by atoms with van der Waals surface area (Å²) in [5.74, 6) is 0. The van der Waals surface area contributed by atoms with Gasteiger partial charge in [0.05, 0.1) is 0 Å². The molecule has 0 aliphatic heterocycles. The first kappa shape index (κ1) is 10.8. The van der Waals surface area contributed by atoms with Gasteiger partial charge in [-0.2, -0.15) is 0 Å². The fraction of sp³-hybridized carbons (Fsp3) is 0.500. The van der Waals surface area contributed by atoms with Crippen molar-refractivity contribution in [2.24, 2.45) is 0 Å². The first-order valence-electron chi connectivity index (χ1n) is 3.16. The lowest BCUT2D eigenvalue weighted by atomic mass is 10.5. The van der Waals surface area contributed by atoms with Crippen LogP contribution in [0.3, 0.4) is 0 Å². The lowest BCUT2D eigenvalue weighted by Crippen LogP contribution is -2.24. The Hall–Kier alpha value is -0.150. The van der Waals surface area contributed by atoms with E-state index in [1.807, 2.05) is 0 Å². The summed E-state index contributed by atoms with van der Waals surface area (Å²) in [6.07, 6.45) is 1.34. The van der Waals surface area contributed by atoms with E-state index in [0.29, 0.717) is 13.1 Å². The van der Waals surface area contributed by atoms with Crippen LogP contribution in [0.4, 0.5) is 0 Å². The lowest BCUT2D eigenvalue weighted by Gasteiger charge is -2.18. The normalized spacial score (nSPS) is 12.0. The Morgan fingerprint density at radius 3 is 2.36 bits per heavy atom. The molecule has 1 radical (unpaired) electrons. The van der Waals surface area contributed by atoms with Crippen LogP contribution >= 0.6 is 7.60 Å². The minimum Gasteiger partial charge on any atom is -0.324 e. The van der Waals surface area contributed by atoms with Crippen LogP contribution < -0.4 is 0 Å². The van der Waals surface area contributed by atoms with Crippen LogP contribution in [0.5, 0.6) is 0 Å². The highest BCUT2D eigenvalue weighted by atomic mass is 31.2. The maximum Gasteiger partial charge on any atom is 0.339 e. The van der Waals surface area contributed by atoms with Crippen molar-refractivity contribution in [2.45, 2.75) is 0 Å². The summed E-state index contributed by atoms with van der Waals surface area (Å²) in [7, 11) is -3.93. The van der Waals surface area contributed by atoms with E-state index in [4.69, 9.17) is 9.79 Å². The van der Waals surface area contributed by atoms with E-state index in [1.54, 1.807) is 6.08 Å². The molecular formula is C6H13NO3P. The van der Waals surface area contributed by atoms with Gasteiger partial charge in [-0.3, -0.25) is 9.46 Å². The fourth-order valence-corrected chi connectivity index (χ4v) is 1.44. The topological polar surface area (TPSA) is 60.8 Å². The molecule has 0 rings (SSSR count). The van der Waals surface area contributed by atoms with Crippen molar-refractivity contribution in [3.8, 4) is 0 Å². The van der Waals surface area contributed by atoms with E-state index >= 15 is 0 Å². The summed E-state index contributed by atoms with van der Waals surface area (Å²) < 4.78 is 10.5. The zero-order valence-corrected chi connectivity index (χ0v) is 7.20. The van der Waals surface area contributed by atoms with Gasteiger partial charge in [0.15, 0.2) is 0 Å². The highest BCUT2D eigenvalue weighted by Gasteiger charge is 2.16. The predicted molar refractivity (Wildman–Crippen MR) is 44.0 cm³/mol. The lowest BCUT2D eigenvalue weighted by molar-refractivity contribution is 0.312. The molecule has 0 aliphatic carbocycles. The molecule has 65 valence electrons. The number of hydrogen-bond acceptors (Lipinski definition) is 2. The molecule has 0 fully saturated rings. The van der Waals surface area contributed by atoms with Crippen molar-refractivity contribution < 1.29 is 14.4 Å². The van der Waals surface area contributed by atoms with Gasteiger partial charge in [0.1, 0.15) is 6.29 Å². The fourth-order valence-electron chi connectivity index (χ4n) is 0.663. The molecular weight excluding hydrogens is 165 g/mol. The van der Waals surface area contributed by atoms with Gasteiger partial charge in [-0.25, -0.2) is 0 Å². The van der Waals surface area contributed by atoms with Crippen LogP contribution in [-0.4, -0.2) is 34.1 Å². The zero-order chi connectivity index (χ0) is 8.91. The standard InChI is InChI=1S/C6H13NO3P/c1-3-5-7(4-2)6-11(8,9)10/h3H,1-2,4-6H2,(H2,8,9,10). The third-order valence-corrected chi connectivity index (χ3v) is 1.86. The molecule has 0 aromatic rings. The SMILES string of the molecule is [CH2]CN(CC=C)CP(=O)(O)O. The Morgan fingerprint density at radius 2 is 2.09 bits per heavy atom. The van der Waals surface area contributed by atoms with Gasteiger partial charge in [0, 0.05) is 6.54 Å². The molecule has 5 heteroatoms. The zero-order valence-electron chi connectivity index (χ0n) is 6.31. The monoisotopic (exact) mass is 178 g/mol. The molecule has 0 unspecified atom stereocenters. The summed E-state index contributed by atoms with van der Waals surface area (Å²) in [6, 6.07) is 0. The van der Waals surface area contributed by atoms with Gasteiger partial charge in [0.2, 0.25) is 0 Å². The number of rotatable bonds is 5. The molecule has 0 bridgehead atoms. The van der Waals surface area contributed by atoms with E-state index in [2.05, 4.69) is 13.5 Å². The molecule has 2 N–H and O–H groups in total. The molecule has 0 saturated carbocycles. The molecule has 0 heterocycles. The molecule has 0 amide bonds. The van der Waals surface area contributed by atoms with Gasteiger partial charge in [-0.05, 0) is 13.5 Å². The van der Waals surface area contributed by atoms with Crippen LogP contribution in [0, 0.1) is 6.92 Å². The van der Waals surface area contributed by atoms with Gasteiger partial charge >= 0.3 is 7.60 Å². The maximum atomic E-state index is 10.5. The summed E-state index contributed by atoms with van der Waals surface area (Å²) in [5.41, 5.74) is 0. The van der Waals surface area contributed by atoms with E-state index in [9.17, 15) is 4.57 Å². The maximum absolute atomic E-state index is 10.5. The highest BCUT2D eigenvalue weighted by molar-refractivity contribution is 7.51. The molecule has 0 spiro atoms. The molecule has 0 aromatic heterocycles. The third-order valence-electron chi connectivity index (χ3n) is 1.09. The first-order valence-corrected chi connectivity index (χ1v) is 4.96. The van der Waals surface area contributed by atoms with Crippen LogP contribution in [0.2, 0.25) is 0 Å². The summed E-state index contributed by atoms with van der Waals surface area (Å²) >= 11 is 0. The Labute approximate surface area is 66.7 Å². The summed E-state index contributed by atoms with van der Waals surface area (Å²) in [4.78, 5) is 18.6. The van der Waals surface area contributed by atoms with Crippen LogP contribution in [0.25, 0.3) is 0 Å². The van der Waals surface area contributed by atoms with E-state index < -0.39 is 7.60 Å². The molecule has 4 nitrogen and oxygen atoms in total. The molecule has 0 aliphatic rings. The Balaban J connectivity index is 3.87. The van der Waals surface area contributed by atoms with Gasteiger partial charge < -0.3 is 9.79 Å². The van der Waals surface area contributed by atoms with E-state index in [-0.39, 0.29) is 6.29 Å². The second-order valence-corrected chi connectivity index (χ2v) is 3.78. The van der Waals surface area contributed by atoms with Crippen LogP contribution in [0.15, 0.2) is 12.7 Å².